The zero-order valence-electron chi connectivity index (χ0n) is 17.3. The molecule has 0 aromatic heterocycles. The molecule has 0 bridgehead atoms. The molecule has 0 spiro atoms. The van der Waals surface area contributed by atoms with Crippen molar-refractivity contribution in [2.45, 2.75) is 24.7 Å². The zero-order chi connectivity index (χ0) is 20.5. The largest absolute Gasteiger partial charge is 0.398 e. The van der Waals surface area contributed by atoms with Crippen molar-refractivity contribution in [2.75, 3.05) is 55.7 Å². The second-order valence-corrected chi connectivity index (χ2v) is 8.59. The number of unbranched alkanes of at least 4 members (excludes halogenated alkanes) is 1. The van der Waals surface area contributed by atoms with Crippen LogP contribution in [0.15, 0.2) is 53.4 Å². The van der Waals surface area contributed by atoms with Crippen LogP contribution in [0, 0.1) is 0 Å². The number of anilines is 2. The summed E-state index contributed by atoms with van der Waals surface area (Å²) >= 11 is 1.92. The monoisotopic (exact) mass is 412 g/mol. The van der Waals surface area contributed by atoms with E-state index in [0.29, 0.717) is 17.8 Å². The van der Waals surface area contributed by atoms with E-state index in [1.54, 1.807) is 12.1 Å². The van der Waals surface area contributed by atoms with Crippen molar-refractivity contribution < 1.29 is 4.79 Å². The number of thioether (sulfide) groups is 1. The van der Waals surface area contributed by atoms with Crippen LogP contribution in [0.1, 0.15) is 30.1 Å². The van der Waals surface area contributed by atoms with E-state index in [2.05, 4.69) is 46.3 Å². The summed E-state index contributed by atoms with van der Waals surface area (Å²) in [7, 11) is 0. The molecule has 1 saturated heterocycles. The number of nitrogens with one attached hydrogen (secondary N) is 1. The zero-order valence-corrected chi connectivity index (χ0v) is 18.1. The number of piperazine rings is 1. The highest BCUT2D eigenvalue weighted by atomic mass is 32.2. The number of nitrogen functional groups attached to an aromatic ring is 1. The number of nitrogens with two attached hydrogens (primary N) is 1. The number of carbonyl (C=O) groups is 1. The maximum atomic E-state index is 12.2. The summed E-state index contributed by atoms with van der Waals surface area (Å²) in [6, 6.07) is 15.9. The van der Waals surface area contributed by atoms with Crippen molar-refractivity contribution >= 4 is 29.0 Å². The summed E-state index contributed by atoms with van der Waals surface area (Å²) in [6.07, 6.45) is 2.07. The third-order valence-corrected chi connectivity index (χ3v) is 6.22. The number of nitrogens with zero attached hydrogens (tertiary/aromatic N) is 2. The van der Waals surface area contributed by atoms with E-state index in [-0.39, 0.29) is 5.91 Å². The Morgan fingerprint density at radius 1 is 1.03 bits per heavy atom. The van der Waals surface area contributed by atoms with E-state index >= 15 is 0 Å². The molecule has 1 heterocycles. The molecule has 6 heteroatoms. The minimum Gasteiger partial charge on any atom is -0.398 e. The van der Waals surface area contributed by atoms with E-state index in [1.807, 2.05) is 23.9 Å². The molecular formula is C23H32N4OS. The Morgan fingerprint density at radius 2 is 1.76 bits per heavy atom. The van der Waals surface area contributed by atoms with Gasteiger partial charge in [0.1, 0.15) is 0 Å². The van der Waals surface area contributed by atoms with Crippen LogP contribution >= 0.6 is 11.8 Å². The second-order valence-electron chi connectivity index (χ2n) is 7.28. The highest BCUT2D eigenvalue weighted by Crippen LogP contribution is 2.30. The molecule has 3 N–H and O–H groups in total. The van der Waals surface area contributed by atoms with Gasteiger partial charge in [-0.15, -0.1) is 11.8 Å². The Balaban J connectivity index is 1.35. The predicted octanol–water partition coefficient (Wildman–Crippen LogP) is 3.71. The van der Waals surface area contributed by atoms with Crippen LogP contribution in [-0.2, 0) is 0 Å². The molecule has 156 valence electrons. The van der Waals surface area contributed by atoms with Gasteiger partial charge in [0.15, 0.2) is 0 Å². The van der Waals surface area contributed by atoms with Crippen LogP contribution in [0.4, 0.5) is 11.4 Å². The molecule has 29 heavy (non-hydrogen) atoms. The Labute approximate surface area is 178 Å². The highest BCUT2D eigenvalue weighted by molar-refractivity contribution is 7.99. The van der Waals surface area contributed by atoms with Crippen LogP contribution in [0.25, 0.3) is 0 Å². The van der Waals surface area contributed by atoms with Gasteiger partial charge in [0, 0.05) is 43.3 Å². The van der Waals surface area contributed by atoms with Gasteiger partial charge in [-0.2, -0.15) is 0 Å². The van der Waals surface area contributed by atoms with Gasteiger partial charge in [-0.05, 0) is 49.4 Å². The molecular weight excluding hydrogens is 380 g/mol. The van der Waals surface area contributed by atoms with Crippen molar-refractivity contribution in [3.63, 3.8) is 0 Å². The summed E-state index contributed by atoms with van der Waals surface area (Å²) in [5, 5.41) is 2.98. The molecule has 0 unspecified atom stereocenters. The van der Waals surface area contributed by atoms with E-state index < -0.39 is 0 Å². The predicted molar refractivity (Wildman–Crippen MR) is 124 cm³/mol. The first-order valence-corrected chi connectivity index (χ1v) is 11.5. The van der Waals surface area contributed by atoms with Gasteiger partial charge in [-0.25, -0.2) is 0 Å². The summed E-state index contributed by atoms with van der Waals surface area (Å²) in [4.78, 5) is 18.6. The van der Waals surface area contributed by atoms with Gasteiger partial charge in [-0.3, -0.25) is 9.69 Å². The molecule has 3 rings (SSSR count). The summed E-state index contributed by atoms with van der Waals surface area (Å²) < 4.78 is 0. The second kappa shape index (κ2) is 11.1. The van der Waals surface area contributed by atoms with E-state index in [1.165, 1.54) is 10.6 Å². The lowest BCUT2D eigenvalue weighted by Gasteiger charge is -2.37. The van der Waals surface area contributed by atoms with Crippen molar-refractivity contribution in [3.05, 3.63) is 54.1 Å². The molecule has 0 saturated carbocycles. The average molecular weight is 413 g/mol. The molecule has 1 aliphatic heterocycles. The molecule has 2 aromatic carbocycles. The molecule has 1 fully saturated rings. The van der Waals surface area contributed by atoms with Gasteiger partial charge in [0.25, 0.3) is 5.91 Å². The minimum absolute atomic E-state index is 0.0830. The number of amides is 1. The number of hydrogen-bond donors (Lipinski definition) is 2. The van der Waals surface area contributed by atoms with Crippen molar-refractivity contribution in [3.8, 4) is 0 Å². The fourth-order valence-electron chi connectivity index (χ4n) is 3.67. The Kier molecular flexibility index (Phi) is 8.25. The Hall–Kier alpha value is -2.18. The maximum Gasteiger partial charge on any atom is 0.253 e. The highest BCUT2D eigenvalue weighted by Gasteiger charge is 2.18. The third-order valence-electron chi connectivity index (χ3n) is 5.27. The first-order valence-electron chi connectivity index (χ1n) is 10.5. The lowest BCUT2D eigenvalue weighted by atomic mass is 10.1. The smallest absolute Gasteiger partial charge is 0.253 e. The number of hydrogen-bond acceptors (Lipinski definition) is 5. The van der Waals surface area contributed by atoms with Crippen LogP contribution in [-0.4, -0.2) is 55.8 Å². The fourth-order valence-corrected chi connectivity index (χ4v) is 4.50. The van der Waals surface area contributed by atoms with Crippen molar-refractivity contribution in [1.29, 1.82) is 0 Å². The summed E-state index contributed by atoms with van der Waals surface area (Å²) in [5.74, 6) is 1.02. The van der Waals surface area contributed by atoms with Crippen LogP contribution < -0.4 is 16.0 Å². The average Bonchev–Trinajstić information content (AvgIpc) is 2.75. The Bertz CT molecular complexity index is 790. The lowest BCUT2D eigenvalue weighted by molar-refractivity contribution is 0.0953. The minimum atomic E-state index is -0.0830. The first kappa shape index (κ1) is 21.5. The standard InChI is InChI=1S/C23H32N4OS/c1-2-29-22-12-6-5-11-21(22)27-17-15-26(16-18-27)14-8-7-13-25-23(28)19-9-3-4-10-20(19)24/h3-6,9-12H,2,7-8,13-18,24H2,1H3,(H,25,28). The third kappa shape index (κ3) is 6.15. The molecule has 0 radical (unpaired) electrons. The van der Waals surface area contributed by atoms with Gasteiger partial charge < -0.3 is 16.0 Å². The number of para-hydroxylation sites is 2. The van der Waals surface area contributed by atoms with Gasteiger partial charge in [-0.1, -0.05) is 31.2 Å². The topological polar surface area (TPSA) is 61.6 Å². The van der Waals surface area contributed by atoms with Crippen LogP contribution in [0.3, 0.4) is 0 Å². The Morgan fingerprint density at radius 3 is 2.52 bits per heavy atom. The lowest BCUT2D eigenvalue weighted by Crippen LogP contribution is -2.46. The molecule has 2 aromatic rings. The van der Waals surface area contributed by atoms with Crippen LogP contribution in [0.2, 0.25) is 0 Å². The van der Waals surface area contributed by atoms with Crippen molar-refractivity contribution in [2.24, 2.45) is 0 Å². The molecule has 1 aliphatic rings. The van der Waals surface area contributed by atoms with Crippen molar-refractivity contribution in [1.82, 2.24) is 10.2 Å². The van der Waals surface area contributed by atoms with Gasteiger partial charge in [0.05, 0.1) is 11.3 Å². The maximum absolute atomic E-state index is 12.2. The molecule has 0 aliphatic carbocycles. The first-order chi connectivity index (χ1) is 14.2. The number of rotatable bonds is 9. The van der Waals surface area contributed by atoms with E-state index in [9.17, 15) is 4.79 Å². The van der Waals surface area contributed by atoms with Gasteiger partial charge >= 0.3 is 0 Å². The van der Waals surface area contributed by atoms with E-state index in [4.69, 9.17) is 5.73 Å². The number of benzene rings is 2. The molecule has 1 amide bonds. The molecule has 5 nitrogen and oxygen atoms in total. The SMILES string of the molecule is CCSc1ccccc1N1CCN(CCCCNC(=O)c2ccccc2N)CC1. The normalized spacial score (nSPS) is 14.7. The summed E-state index contributed by atoms with van der Waals surface area (Å²) in [5.41, 5.74) is 8.32. The van der Waals surface area contributed by atoms with E-state index in [0.717, 1.165) is 51.3 Å². The quantitative estimate of drug-likeness (QED) is 0.373. The fraction of sp³-hybridized carbons (Fsp3) is 0.435. The van der Waals surface area contributed by atoms with Crippen LogP contribution in [0.5, 0.6) is 0 Å². The van der Waals surface area contributed by atoms with Gasteiger partial charge in [0.2, 0.25) is 0 Å². The number of carbonyl (C=O) groups excluding carboxylic acids is 1. The summed E-state index contributed by atoms with van der Waals surface area (Å²) in [6.45, 7) is 8.32. The molecule has 0 atom stereocenters.